The van der Waals surface area contributed by atoms with Gasteiger partial charge in [-0.2, -0.15) is 0 Å². The number of ether oxygens (including phenoxy) is 2. The van der Waals surface area contributed by atoms with Crippen molar-refractivity contribution in [3.8, 4) is 5.88 Å². The molecule has 0 aliphatic heterocycles. The molecule has 0 saturated heterocycles. The van der Waals surface area contributed by atoms with Gasteiger partial charge in [0.25, 0.3) is 11.8 Å². The van der Waals surface area contributed by atoms with E-state index < -0.39 is 31.1 Å². The van der Waals surface area contributed by atoms with E-state index >= 15 is 0 Å². The van der Waals surface area contributed by atoms with Crippen molar-refractivity contribution >= 4 is 17.9 Å². The number of hydrogen-bond acceptors (Lipinski definition) is 8. The fraction of sp³-hybridized carbons (Fsp3) is 0.286. The summed E-state index contributed by atoms with van der Waals surface area (Å²) in [5, 5.41) is 7.92. The van der Waals surface area contributed by atoms with Crippen molar-refractivity contribution in [1.29, 1.82) is 0 Å². The monoisotopic (exact) mass is 337 g/mol. The molecule has 0 aromatic carbocycles. The summed E-state index contributed by atoms with van der Waals surface area (Å²) in [7, 11) is 0. The van der Waals surface area contributed by atoms with E-state index in [1.54, 1.807) is 19.1 Å². The van der Waals surface area contributed by atoms with Crippen LogP contribution in [0.1, 0.15) is 11.5 Å². The molecule has 0 aliphatic rings. The summed E-state index contributed by atoms with van der Waals surface area (Å²) in [6.07, 6.45) is 1.46. The third kappa shape index (κ3) is 5.83. The van der Waals surface area contributed by atoms with Gasteiger partial charge in [0.1, 0.15) is 11.5 Å². The van der Waals surface area contributed by atoms with Crippen molar-refractivity contribution in [3.63, 3.8) is 0 Å². The van der Waals surface area contributed by atoms with Crippen LogP contribution in [0.25, 0.3) is 0 Å². The highest BCUT2D eigenvalue weighted by Crippen LogP contribution is 2.09. The Balaban J connectivity index is 1.59. The number of hydrogen-bond donors (Lipinski definition) is 2. The lowest BCUT2D eigenvalue weighted by Gasteiger charge is -2.06. The second-order valence-electron chi connectivity index (χ2n) is 4.54. The zero-order valence-electron chi connectivity index (χ0n) is 12.7. The standard InChI is InChI=1S/C14H15N3O7/c1-9-5-12(17-24-9)22-8-13(19)23-7-11(18)16-14(20)15-6-10-3-2-4-21-10/h2-5H,6-8H2,1H3,(H2,15,16,18,20). The molecule has 2 heterocycles. The summed E-state index contributed by atoms with van der Waals surface area (Å²) in [6.45, 7) is 0.731. The molecule has 0 saturated carbocycles. The molecule has 0 radical (unpaired) electrons. The van der Waals surface area contributed by atoms with Crippen LogP contribution in [0.3, 0.4) is 0 Å². The Bertz CT molecular complexity index is 693. The first-order valence-electron chi connectivity index (χ1n) is 6.85. The summed E-state index contributed by atoms with van der Waals surface area (Å²) in [6, 6.07) is 4.09. The van der Waals surface area contributed by atoms with Gasteiger partial charge in [-0.1, -0.05) is 0 Å². The maximum Gasteiger partial charge on any atom is 0.344 e. The number of aryl methyl sites for hydroxylation is 1. The predicted molar refractivity (Wildman–Crippen MR) is 76.8 cm³/mol. The van der Waals surface area contributed by atoms with Gasteiger partial charge in [-0.05, 0) is 24.2 Å². The normalized spacial score (nSPS) is 10.0. The van der Waals surface area contributed by atoms with Gasteiger partial charge in [-0.25, -0.2) is 9.59 Å². The van der Waals surface area contributed by atoms with Crippen molar-refractivity contribution in [2.24, 2.45) is 0 Å². The van der Waals surface area contributed by atoms with E-state index in [-0.39, 0.29) is 12.4 Å². The SMILES string of the molecule is Cc1cc(OCC(=O)OCC(=O)NC(=O)NCc2ccco2)no1. The number of amides is 3. The van der Waals surface area contributed by atoms with Crippen LogP contribution in [-0.4, -0.2) is 36.3 Å². The lowest BCUT2D eigenvalue weighted by Crippen LogP contribution is -2.41. The number of nitrogens with zero attached hydrogens (tertiary/aromatic N) is 1. The zero-order valence-corrected chi connectivity index (χ0v) is 12.7. The first-order valence-corrected chi connectivity index (χ1v) is 6.85. The minimum absolute atomic E-state index is 0.122. The number of carbonyl (C=O) groups excluding carboxylic acids is 3. The number of nitrogens with one attached hydrogen (secondary N) is 2. The topological polar surface area (TPSA) is 133 Å². The van der Waals surface area contributed by atoms with Crippen LogP contribution in [0.15, 0.2) is 33.4 Å². The van der Waals surface area contributed by atoms with E-state index in [0.717, 1.165) is 0 Å². The van der Waals surface area contributed by atoms with Gasteiger partial charge in [0, 0.05) is 6.07 Å². The largest absolute Gasteiger partial charge is 0.467 e. The maximum absolute atomic E-state index is 11.5. The highest BCUT2D eigenvalue weighted by Gasteiger charge is 2.12. The van der Waals surface area contributed by atoms with Gasteiger partial charge >= 0.3 is 12.0 Å². The van der Waals surface area contributed by atoms with Crippen LogP contribution in [-0.2, 0) is 20.9 Å². The number of aromatic nitrogens is 1. The Morgan fingerprint density at radius 1 is 1.29 bits per heavy atom. The van der Waals surface area contributed by atoms with Crippen LogP contribution < -0.4 is 15.4 Å². The molecule has 0 fully saturated rings. The van der Waals surface area contributed by atoms with E-state index in [9.17, 15) is 14.4 Å². The average Bonchev–Trinajstić information content (AvgIpc) is 3.20. The summed E-state index contributed by atoms with van der Waals surface area (Å²) < 4.78 is 19.4. The van der Waals surface area contributed by atoms with Crippen LogP contribution in [0, 0.1) is 6.92 Å². The molecule has 0 spiro atoms. The van der Waals surface area contributed by atoms with Gasteiger partial charge in [-0.15, -0.1) is 0 Å². The second-order valence-corrected chi connectivity index (χ2v) is 4.54. The van der Waals surface area contributed by atoms with E-state index in [1.807, 2.05) is 5.32 Å². The van der Waals surface area contributed by atoms with E-state index in [0.29, 0.717) is 11.5 Å². The second kappa shape index (κ2) is 8.36. The predicted octanol–water partition coefficient (Wildman–Crippen LogP) is 0.524. The third-order valence-electron chi connectivity index (χ3n) is 2.56. The van der Waals surface area contributed by atoms with Crippen LogP contribution in [0.5, 0.6) is 5.88 Å². The van der Waals surface area contributed by atoms with Crippen molar-refractivity contribution in [2.45, 2.75) is 13.5 Å². The molecule has 2 rings (SSSR count). The molecule has 24 heavy (non-hydrogen) atoms. The average molecular weight is 337 g/mol. The van der Waals surface area contributed by atoms with Gasteiger partial charge in [0.15, 0.2) is 13.2 Å². The molecule has 0 aliphatic carbocycles. The molecule has 10 nitrogen and oxygen atoms in total. The number of rotatable bonds is 7. The minimum Gasteiger partial charge on any atom is -0.467 e. The molecule has 2 aromatic heterocycles. The fourth-order valence-corrected chi connectivity index (χ4v) is 1.52. The van der Waals surface area contributed by atoms with Crippen molar-refractivity contribution < 1.29 is 32.8 Å². The first kappa shape index (κ1) is 17.1. The number of furan rings is 1. The Hall–Kier alpha value is -3.30. The maximum atomic E-state index is 11.5. The Labute approximate surface area is 136 Å². The summed E-state index contributed by atoms with van der Waals surface area (Å²) in [5.74, 6) is -0.381. The van der Waals surface area contributed by atoms with Gasteiger partial charge in [0.2, 0.25) is 0 Å². The smallest absolute Gasteiger partial charge is 0.344 e. The molecule has 2 N–H and O–H groups in total. The van der Waals surface area contributed by atoms with Crippen molar-refractivity contribution in [1.82, 2.24) is 15.8 Å². The lowest BCUT2D eigenvalue weighted by molar-refractivity contribution is -0.150. The highest BCUT2D eigenvalue weighted by molar-refractivity contribution is 5.95. The molecular formula is C14H15N3O7. The number of imide groups is 1. The van der Waals surface area contributed by atoms with Gasteiger partial charge < -0.3 is 23.7 Å². The summed E-state index contributed by atoms with van der Waals surface area (Å²) >= 11 is 0. The van der Waals surface area contributed by atoms with Gasteiger partial charge in [-0.3, -0.25) is 10.1 Å². The molecule has 3 amide bonds. The van der Waals surface area contributed by atoms with Crippen LogP contribution >= 0.6 is 0 Å². The molecule has 0 unspecified atom stereocenters. The van der Waals surface area contributed by atoms with Crippen molar-refractivity contribution in [2.75, 3.05) is 13.2 Å². The Morgan fingerprint density at radius 2 is 2.12 bits per heavy atom. The Morgan fingerprint density at radius 3 is 2.79 bits per heavy atom. The van der Waals surface area contributed by atoms with E-state index in [4.69, 9.17) is 13.7 Å². The highest BCUT2D eigenvalue weighted by atomic mass is 16.6. The lowest BCUT2D eigenvalue weighted by atomic mass is 10.4. The zero-order chi connectivity index (χ0) is 17.4. The quantitative estimate of drug-likeness (QED) is 0.699. The van der Waals surface area contributed by atoms with E-state index in [2.05, 4.69) is 15.2 Å². The first-order chi connectivity index (χ1) is 11.5. The number of esters is 1. The Kier molecular flexibility index (Phi) is 5.95. The van der Waals surface area contributed by atoms with Crippen LogP contribution in [0.2, 0.25) is 0 Å². The molecule has 10 heteroatoms. The summed E-state index contributed by atoms with van der Waals surface area (Å²) in [4.78, 5) is 34.3. The molecule has 2 aromatic rings. The van der Waals surface area contributed by atoms with Crippen LogP contribution in [0.4, 0.5) is 4.79 Å². The minimum atomic E-state index is -0.790. The molecular weight excluding hydrogens is 322 g/mol. The number of carbonyl (C=O) groups is 3. The fourth-order valence-electron chi connectivity index (χ4n) is 1.52. The molecule has 128 valence electrons. The van der Waals surface area contributed by atoms with Crippen molar-refractivity contribution in [3.05, 3.63) is 36.0 Å². The van der Waals surface area contributed by atoms with E-state index in [1.165, 1.54) is 12.3 Å². The molecule has 0 bridgehead atoms. The van der Waals surface area contributed by atoms with Gasteiger partial charge in [0.05, 0.1) is 12.8 Å². The third-order valence-corrected chi connectivity index (χ3v) is 2.56. The molecule has 0 atom stereocenters. The summed E-state index contributed by atoms with van der Waals surface area (Å²) in [5.41, 5.74) is 0. The number of urea groups is 1.